The van der Waals surface area contributed by atoms with Gasteiger partial charge in [0.2, 0.25) is 5.91 Å². The molecule has 0 saturated carbocycles. The van der Waals surface area contributed by atoms with E-state index in [0.29, 0.717) is 6.54 Å². The third-order valence-electron chi connectivity index (χ3n) is 3.19. The zero-order valence-electron chi connectivity index (χ0n) is 10.8. The molecular weight excluding hydrogens is 216 g/mol. The van der Waals surface area contributed by atoms with Gasteiger partial charge in [0, 0.05) is 13.0 Å². The van der Waals surface area contributed by atoms with E-state index >= 15 is 0 Å². The maximum absolute atomic E-state index is 12.2. The van der Waals surface area contributed by atoms with Crippen molar-refractivity contribution in [2.75, 3.05) is 6.54 Å². The predicted molar refractivity (Wildman–Crippen MR) is 64.4 cm³/mol. The molecule has 0 saturated heterocycles. The van der Waals surface area contributed by atoms with Crippen molar-refractivity contribution in [3.63, 3.8) is 0 Å². The Morgan fingerprint density at radius 1 is 1.29 bits per heavy atom. The molecule has 0 unspecified atom stereocenters. The first kappa shape index (κ1) is 12.1. The molecule has 0 bridgehead atoms. The molecule has 0 spiro atoms. The molecule has 0 fully saturated rings. The molecule has 94 valence electrons. The molecular formula is C12H20N4O. The van der Waals surface area contributed by atoms with Crippen molar-refractivity contribution < 1.29 is 4.79 Å². The van der Waals surface area contributed by atoms with Crippen molar-refractivity contribution in [2.45, 2.75) is 52.6 Å². The highest BCUT2D eigenvalue weighted by atomic mass is 16.2. The monoisotopic (exact) mass is 236 g/mol. The standard InChI is InChI=1S/C12H20N4O/c1-4-6-10-13-14-11-8-15(7-5-2)12(17)9(3)16(10)11/h9H,4-8H2,1-3H3/t9-/m0/s1. The van der Waals surface area contributed by atoms with Gasteiger partial charge in [0.15, 0.2) is 5.82 Å². The SMILES string of the molecule is CCCc1nnc2n1[C@@H](C)C(=O)N(CCC)C2. The van der Waals surface area contributed by atoms with Gasteiger partial charge in [-0.3, -0.25) is 4.79 Å². The van der Waals surface area contributed by atoms with Crippen LogP contribution in [0.1, 0.15) is 51.3 Å². The molecule has 1 atom stereocenters. The molecule has 0 aliphatic carbocycles. The van der Waals surface area contributed by atoms with E-state index in [2.05, 4.69) is 24.0 Å². The summed E-state index contributed by atoms with van der Waals surface area (Å²) in [6, 6.07) is -0.151. The Balaban J connectivity index is 2.30. The Morgan fingerprint density at radius 2 is 2.06 bits per heavy atom. The zero-order valence-corrected chi connectivity index (χ0v) is 10.8. The summed E-state index contributed by atoms with van der Waals surface area (Å²) in [6.07, 6.45) is 2.89. The fourth-order valence-electron chi connectivity index (χ4n) is 2.39. The molecule has 2 rings (SSSR count). The van der Waals surface area contributed by atoms with Crippen LogP contribution >= 0.6 is 0 Å². The van der Waals surface area contributed by atoms with Crippen LogP contribution in [0.4, 0.5) is 0 Å². The number of aryl methyl sites for hydroxylation is 1. The van der Waals surface area contributed by atoms with Gasteiger partial charge in [-0.25, -0.2) is 0 Å². The van der Waals surface area contributed by atoms with E-state index in [-0.39, 0.29) is 11.9 Å². The normalized spacial score (nSPS) is 19.6. The number of carbonyl (C=O) groups is 1. The van der Waals surface area contributed by atoms with Gasteiger partial charge in [0.25, 0.3) is 0 Å². The maximum Gasteiger partial charge on any atom is 0.245 e. The summed E-state index contributed by atoms with van der Waals surface area (Å²) in [6.45, 7) is 7.54. The lowest BCUT2D eigenvalue weighted by Gasteiger charge is -2.31. The van der Waals surface area contributed by atoms with E-state index in [1.54, 1.807) is 0 Å². The van der Waals surface area contributed by atoms with Crippen molar-refractivity contribution in [1.82, 2.24) is 19.7 Å². The van der Waals surface area contributed by atoms with E-state index in [4.69, 9.17) is 0 Å². The van der Waals surface area contributed by atoms with Crippen molar-refractivity contribution in [3.8, 4) is 0 Å². The van der Waals surface area contributed by atoms with Crippen LogP contribution in [0.15, 0.2) is 0 Å². The first-order valence-corrected chi connectivity index (χ1v) is 6.40. The van der Waals surface area contributed by atoms with E-state index in [1.807, 2.05) is 16.4 Å². The second kappa shape index (κ2) is 4.85. The van der Waals surface area contributed by atoms with Gasteiger partial charge in [0.1, 0.15) is 11.9 Å². The lowest BCUT2D eigenvalue weighted by atomic mass is 10.2. The van der Waals surface area contributed by atoms with Gasteiger partial charge in [-0.15, -0.1) is 10.2 Å². The van der Waals surface area contributed by atoms with Crippen LogP contribution in [0.3, 0.4) is 0 Å². The molecule has 0 radical (unpaired) electrons. The maximum atomic E-state index is 12.2. The Labute approximate surface area is 102 Å². The molecule has 5 heteroatoms. The second-order valence-electron chi connectivity index (χ2n) is 4.59. The van der Waals surface area contributed by atoms with Crippen LogP contribution < -0.4 is 0 Å². The Kier molecular flexibility index (Phi) is 3.45. The molecule has 17 heavy (non-hydrogen) atoms. The van der Waals surface area contributed by atoms with Crippen molar-refractivity contribution in [1.29, 1.82) is 0 Å². The summed E-state index contributed by atoms with van der Waals surface area (Å²) in [7, 11) is 0. The molecule has 0 aromatic carbocycles. The fraction of sp³-hybridized carbons (Fsp3) is 0.750. The van der Waals surface area contributed by atoms with Crippen LogP contribution in [0, 0.1) is 0 Å². The highest BCUT2D eigenvalue weighted by molar-refractivity contribution is 5.81. The minimum Gasteiger partial charge on any atom is -0.333 e. The Bertz CT molecular complexity index is 413. The smallest absolute Gasteiger partial charge is 0.245 e. The lowest BCUT2D eigenvalue weighted by molar-refractivity contribution is -0.137. The van der Waals surface area contributed by atoms with Crippen molar-refractivity contribution in [2.24, 2.45) is 0 Å². The molecule has 1 aliphatic heterocycles. The first-order valence-electron chi connectivity index (χ1n) is 6.40. The molecule has 1 aromatic heterocycles. The highest BCUT2D eigenvalue weighted by Crippen LogP contribution is 2.23. The van der Waals surface area contributed by atoms with Crippen molar-refractivity contribution in [3.05, 3.63) is 11.6 Å². The van der Waals surface area contributed by atoms with E-state index in [9.17, 15) is 4.79 Å². The average molecular weight is 236 g/mol. The van der Waals surface area contributed by atoms with Crippen LogP contribution in [0.25, 0.3) is 0 Å². The highest BCUT2D eigenvalue weighted by Gasteiger charge is 2.32. The third-order valence-corrected chi connectivity index (χ3v) is 3.19. The summed E-state index contributed by atoms with van der Waals surface area (Å²) in [5.41, 5.74) is 0. The fourth-order valence-corrected chi connectivity index (χ4v) is 2.39. The number of carbonyl (C=O) groups excluding carboxylic acids is 1. The molecule has 1 aliphatic rings. The Morgan fingerprint density at radius 3 is 2.71 bits per heavy atom. The zero-order chi connectivity index (χ0) is 12.4. The molecule has 1 amide bonds. The van der Waals surface area contributed by atoms with Gasteiger partial charge in [-0.2, -0.15) is 0 Å². The number of hydrogen-bond acceptors (Lipinski definition) is 3. The molecule has 1 aromatic rings. The number of rotatable bonds is 4. The van der Waals surface area contributed by atoms with E-state index in [0.717, 1.165) is 37.5 Å². The van der Waals surface area contributed by atoms with E-state index in [1.165, 1.54) is 0 Å². The van der Waals surface area contributed by atoms with E-state index < -0.39 is 0 Å². The molecule has 5 nitrogen and oxygen atoms in total. The molecule has 2 heterocycles. The number of amides is 1. The number of hydrogen-bond donors (Lipinski definition) is 0. The van der Waals surface area contributed by atoms with Crippen LogP contribution in [0.2, 0.25) is 0 Å². The minimum absolute atomic E-state index is 0.151. The summed E-state index contributed by atoms with van der Waals surface area (Å²) < 4.78 is 2.01. The first-order chi connectivity index (χ1) is 8.19. The minimum atomic E-state index is -0.151. The molecule has 0 N–H and O–H groups in total. The largest absolute Gasteiger partial charge is 0.333 e. The van der Waals surface area contributed by atoms with Gasteiger partial charge >= 0.3 is 0 Å². The second-order valence-corrected chi connectivity index (χ2v) is 4.59. The van der Waals surface area contributed by atoms with Crippen molar-refractivity contribution >= 4 is 5.91 Å². The average Bonchev–Trinajstić information content (AvgIpc) is 2.70. The lowest BCUT2D eigenvalue weighted by Crippen LogP contribution is -2.42. The number of aromatic nitrogens is 3. The quantitative estimate of drug-likeness (QED) is 0.797. The topological polar surface area (TPSA) is 51.0 Å². The number of fused-ring (bicyclic) bond motifs is 1. The summed E-state index contributed by atoms with van der Waals surface area (Å²) in [5, 5.41) is 8.41. The van der Waals surface area contributed by atoms with Crippen LogP contribution in [-0.4, -0.2) is 32.1 Å². The summed E-state index contributed by atoms with van der Waals surface area (Å²) in [5.74, 6) is 2.06. The van der Waals surface area contributed by atoms with Gasteiger partial charge in [0.05, 0.1) is 6.54 Å². The summed E-state index contributed by atoms with van der Waals surface area (Å²) >= 11 is 0. The van der Waals surface area contributed by atoms with Crippen LogP contribution in [0.5, 0.6) is 0 Å². The van der Waals surface area contributed by atoms with Gasteiger partial charge in [-0.05, 0) is 19.8 Å². The number of nitrogens with zero attached hydrogens (tertiary/aromatic N) is 4. The third kappa shape index (κ3) is 2.06. The van der Waals surface area contributed by atoms with Gasteiger partial charge < -0.3 is 9.47 Å². The Hall–Kier alpha value is -1.39. The summed E-state index contributed by atoms with van der Waals surface area (Å²) in [4.78, 5) is 14.1. The van der Waals surface area contributed by atoms with Gasteiger partial charge in [-0.1, -0.05) is 13.8 Å². The van der Waals surface area contributed by atoms with Crippen LogP contribution in [-0.2, 0) is 17.8 Å². The predicted octanol–water partition coefficient (Wildman–Crippen LogP) is 1.54.